The summed E-state index contributed by atoms with van der Waals surface area (Å²) in [5.74, 6) is 1.16. The third-order valence-electron chi connectivity index (χ3n) is 5.65. The van der Waals surface area contributed by atoms with Gasteiger partial charge in [0, 0.05) is 17.8 Å². The molecule has 1 amide bonds. The Morgan fingerprint density at radius 1 is 1.00 bits per heavy atom. The lowest BCUT2D eigenvalue weighted by molar-refractivity contribution is 0.0954. The van der Waals surface area contributed by atoms with Gasteiger partial charge < -0.3 is 20.1 Å². The molecule has 0 aliphatic rings. The highest BCUT2D eigenvalue weighted by molar-refractivity contribution is 7.20. The fourth-order valence-corrected chi connectivity index (χ4v) is 4.61. The molecule has 9 nitrogen and oxygen atoms in total. The van der Waals surface area contributed by atoms with Gasteiger partial charge in [-0.1, -0.05) is 29.5 Å². The molecule has 0 aliphatic carbocycles. The van der Waals surface area contributed by atoms with Crippen LogP contribution in [0.3, 0.4) is 0 Å². The Hall–Kier alpha value is -4.44. The van der Waals surface area contributed by atoms with Crippen molar-refractivity contribution in [1.82, 2.24) is 19.9 Å². The topological polar surface area (TPSA) is 107 Å². The number of nitrogens with zero attached hydrogens (tertiary/aromatic N) is 3. The van der Waals surface area contributed by atoms with E-state index in [1.165, 1.54) is 15.9 Å². The number of methoxy groups -OCH3 is 2. The molecule has 36 heavy (non-hydrogen) atoms. The minimum atomic E-state index is -0.208. The maximum absolute atomic E-state index is 12.7. The second-order valence-corrected chi connectivity index (χ2v) is 8.89. The molecule has 0 saturated carbocycles. The van der Waals surface area contributed by atoms with E-state index in [2.05, 4.69) is 20.7 Å². The van der Waals surface area contributed by atoms with E-state index in [9.17, 15) is 9.59 Å². The van der Waals surface area contributed by atoms with E-state index in [4.69, 9.17) is 9.47 Å². The summed E-state index contributed by atoms with van der Waals surface area (Å²) in [5, 5.41) is 11.5. The fourth-order valence-electron chi connectivity index (χ4n) is 3.79. The summed E-state index contributed by atoms with van der Waals surface area (Å²) in [4.78, 5) is 30.3. The highest BCUT2D eigenvalue weighted by Crippen LogP contribution is 2.27. The van der Waals surface area contributed by atoms with Gasteiger partial charge >= 0.3 is 0 Å². The molecule has 2 heterocycles. The van der Waals surface area contributed by atoms with Gasteiger partial charge in [0.15, 0.2) is 11.5 Å². The van der Waals surface area contributed by atoms with Crippen LogP contribution in [-0.4, -0.2) is 41.3 Å². The fraction of sp³-hybridized carbons (Fsp3) is 0.154. The van der Waals surface area contributed by atoms with E-state index >= 15 is 0 Å². The zero-order valence-electron chi connectivity index (χ0n) is 19.6. The maximum Gasteiger partial charge on any atom is 0.283 e. The zero-order valence-corrected chi connectivity index (χ0v) is 20.5. The van der Waals surface area contributed by atoms with Gasteiger partial charge in [-0.3, -0.25) is 9.59 Å². The first-order valence-electron chi connectivity index (χ1n) is 11.2. The van der Waals surface area contributed by atoms with Gasteiger partial charge in [-0.15, -0.1) is 5.10 Å². The average molecular weight is 502 g/mol. The lowest BCUT2D eigenvalue weighted by Crippen LogP contribution is -2.25. The Balaban J connectivity index is 1.22. The Kier molecular flexibility index (Phi) is 6.50. The van der Waals surface area contributed by atoms with Gasteiger partial charge in [-0.2, -0.15) is 4.52 Å². The van der Waals surface area contributed by atoms with Crippen LogP contribution in [0.2, 0.25) is 0 Å². The number of carbonyl (C=O) groups is 1. The number of rotatable bonds is 8. The molecule has 0 atom stereocenters. The molecule has 3 aromatic carbocycles. The number of anilines is 2. The van der Waals surface area contributed by atoms with Gasteiger partial charge in [-0.25, -0.2) is 4.98 Å². The van der Waals surface area contributed by atoms with Crippen LogP contribution in [0.1, 0.15) is 15.9 Å². The van der Waals surface area contributed by atoms with Crippen molar-refractivity contribution in [3.63, 3.8) is 0 Å². The normalized spacial score (nSPS) is 10.9. The third-order valence-corrected chi connectivity index (χ3v) is 6.47. The molecular weight excluding hydrogens is 478 g/mol. The van der Waals surface area contributed by atoms with E-state index < -0.39 is 0 Å². The molecule has 0 bridgehead atoms. The molecule has 0 fully saturated rings. The Bertz CT molecular complexity index is 1610. The Morgan fingerprint density at radius 3 is 2.56 bits per heavy atom. The van der Waals surface area contributed by atoms with E-state index in [1.807, 2.05) is 24.3 Å². The monoisotopic (exact) mass is 501 g/mol. The largest absolute Gasteiger partial charge is 0.493 e. The number of aromatic nitrogens is 3. The minimum Gasteiger partial charge on any atom is -0.493 e. The van der Waals surface area contributed by atoms with Crippen LogP contribution in [-0.2, 0) is 6.42 Å². The molecule has 5 aromatic rings. The number of fused-ring (bicyclic) bond motifs is 2. The van der Waals surface area contributed by atoms with Crippen molar-refractivity contribution in [3.05, 3.63) is 88.2 Å². The summed E-state index contributed by atoms with van der Waals surface area (Å²) in [5.41, 5.74) is 2.75. The molecule has 0 radical (unpaired) electrons. The molecule has 2 N–H and O–H groups in total. The number of nitrogens with one attached hydrogen (secondary N) is 2. The summed E-state index contributed by atoms with van der Waals surface area (Å²) in [6.07, 6.45) is 0.658. The summed E-state index contributed by atoms with van der Waals surface area (Å²) >= 11 is 1.28. The number of carbonyl (C=O) groups excluding carboxylic acids is 1. The van der Waals surface area contributed by atoms with Crippen molar-refractivity contribution in [2.75, 3.05) is 26.1 Å². The molecule has 0 aliphatic heterocycles. The summed E-state index contributed by atoms with van der Waals surface area (Å²) < 4.78 is 11.9. The first kappa shape index (κ1) is 23.3. The van der Waals surface area contributed by atoms with E-state index in [-0.39, 0.29) is 11.5 Å². The predicted molar refractivity (Wildman–Crippen MR) is 140 cm³/mol. The highest BCUT2D eigenvalue weighted by Gasteiger charge is 2.12. The van der Waals surface area contributed by atoms with Gasteiger partial charge in [0.1, 0.15) is 0 Å². The Labute approximate surface area is 210 Å². The van der Waals surface area contributed by atoms with Crippen LogP contribution in [0, 0.1) is 0 Å². The van der Waals surface area contributed by atoms with Crippen LogP contribution in [0.25, 0.3) is 15.9 Å². The van der Waals surface area contributed by atoms with Crippen LogP contribution < -0.4 is 25.7 Å². The number of amides is 1. The van der Waals surface area contributed by atoms with Crippen molar-refractivity contribution in [2.24, 2.45) is 0 Å². The molecule has 10 heteroatoms. The van der Waals surface area contributed by atoms with Crippen molar-refractivity contribution in [2.45, 2.75) is 6.42 Å². The first-order valence-corrected chi connectivity index (χ1v) is 12.0. The number of para-hydroxylation sites is 1. The Morgan fingerprint density at radius 2 is 1.78 bits per heavy atom. The van der Waals surface area contributed by atoms with Crippen molar-refractivity contribution >= 4 is 43.9 Å². The van der Waals surface area contributed by atoms with Crippen LogP contribution in [0.5, 0.6) is 11.5 Å². The smallest absolute Gasteiger partial charge is 0.283 e. The molecule has 0 saturated heterocycles. The molecular formula is C26H23N5O4S. The number of benzene rings is 3. The van der Waals surface area contributed by atoms with E-state index in [1.54, 1.807) is 56.7 Å². The average Bonchev–Trinajstić information content (AvgIpc) is 3.31. The lowest BCUT2D eigenvalue weighted by Gasteiger charge is -2.10. The van der Waals surface area contributed by atoms with Gasteiger partial charge in [0.05, 0.1) is 25.1 Å². The standard InChI is InChI=1S/C26H23N5O4S/c1-34-21-12-7-16(15-22(21)35-2)13-14-27-23(32)17-8-10-18(11-9-17)28-25-30-31-24(33)19-5-3-4-6-20(19)29-26(31)36-25/h3-12,15H,13-14H2,1-2H3,(H,27,32)(H,28,30). The number of hydrogen-bond acceptors (Lipinski definition) is 8. The summed E-state index contributed by atoms with van der Waals surface area (Å²) in [6, 6.07) is 20.0. The lowest BCUT2D eigenvalue weighted by atomic mass is 10.1. The van der Waals surface area contributed by atoms with E-state index in [0.717, 1.165) is 11.3 Å². The SMILES string of the molecule is COc1ccc(CCNC(=O)c2ccc(Nc3nn4c(=O)c5ccccc5nc4s3)cc2)cc1OC. The highest BCUT2D eigenvalue weighted by atomic mass is 32.1. The van der Waals surface area contributed by atoms with E-state index in [0.29, 0.717) is 51.0 Å². The second-order valence-electron chi connectivity index (χ2n) is 7.93. The first-order chi connectivity index (χ1) is 17.6. The van der Waals surface area contributed by atoms with Crippen molar-refractivity contribution in [1.29, 1.82) is 0 Å². The van der Waals surface area contributed by atoms with Crippen LogP contribution >= 0.6 is 11.3 Å². The number of ether oxygens (including phenoxy) is 2. The zero-order chi connectivity index (χ0) is 25.1. The van der Waals surface area contributed by atoms with Crippen LogP contribution in [0.4, 0.5) is 10.8 Å². The number of hydrogen-bond donors (Lipinski definition) is 2. The van der Waals surface area contributed by atoms with Gasteiger partial charge in [0.25, 0.3) is 11.5 Å². The quantitative estimate of drug-likeness (QED) is 0.331. The molecule has 0 spiro atoms. The van der Waals surface area contributed by atoms with Crippen molar-refractivity contribution < 1.29 is 14.3 Å². The molecule has 2 aromatic heterocycles. The second kappa shape index (κ2) is 10.0. The summed E-state index contributed by atoms with van der Waals surface area (Å²) in [7, 11) is 3.19. The summed E-state index contributed by atoms with van der Waals surface area (Å²) in [6.45, 7) is 0.482. The van der Waals surface area contributed by atoms with Gasteiger partial charge in [-0.05, 0) is 60.5 Å². The minimum absolute atomic E-state index is 0.163. The molecule has 5 rings (SSSR count). The molecule has 0 unspecified atom stereocenters. The predicted octanol–water partition coefficient (Wildman–Crippen LogP) is 4.04. The third kappa shape index (κ3) is 4.71. The maximum atomic E-state index is 12.7. The van der Waals surface area contributed by atoms with Gasteiger partial charge in [0.2, 0.25) is 10.1 Å². The molecule has 182 valence electrons. The van der Waals surface area contributed by atoms with Crippen molar-refractivity contribution in [3.8, 4) is 11.5 Å². The van der Waals surface area contributed by atoms with Crippen LogP contribution in [0.15, 0.2) is 71.5 Å².